The van der Waals surface area contributed by atoms with Crippen molar-refractivity contribution in [2.24, 2.45) is 0 Å². The number of nitrogens with one attached hydrogen (secondary N) is 2. The minimum Gasteiger partial charge on any atom is -0.335 e. The molecule has 0 radical (unpaired) electrons. The largest absolute Gasteiger partial charge is 0.335 e. The highest BCUT2D eigenvalue weighted by atomic mass is 35.5. The van der Waals surface area contributed by atoms with Gasteiger partial charge in [0.25, 0.3) is 0 Å². The lowest BCUT2D eigenvalue weighted by Crippen LogP contribution is -2.33. The van der Waals surface area contributed by atoms with Gasteiger partial charge in [-0.3, -0.25) is 0 Å². The number of amides is 2. The molecule has 3 aromatic rings. The summed E-state index contributed by atoms with van der Waals surface area (Å²) >= 11 is 11.9. The summed E-state index contributed by atoms with van der Waals surface area (Å²) in [4.78, 5) is 16.4. The van der Waals surface area contributed by atoms with Crippen LogP contribution >= 0.6 is 23.2 Å². The van der Waals surface area contributed by atoms with E-state index in [2.05, 4.69) is 15.6 Å². The third kappa shape index (κ3) is 2.91. The number of rotatable bonds is 3. The van der Waals surface area contributed by atoms with Crippen molar-refractivity contribution in [2.45, 2.75) is 6.04 Å². The van der Waals surface area contributed by atoms with Crippen molar-refractivity contribution in [3.8, 4) is 11.3 Å². The number of carbonyl (C=O) groups excluding carboxylic acids is 1. The van der Waals surface area contributed by atoms with Gasteiger partial charge in [0.05, 0.1) is 40.0 Å². The van der Waals surface area contributed by atoms with Gasteiger partial charge in [-0.1, -0.05) is 47.5 Å². The first-order chi connectivity index (χ1) is 12.5. The van der Waals surface area contributed by atoms with E-state index in [4.69, 9.17) is 23.2 Å². The highest BCUT2D eigenvalue weighted by Gasteiger charge is 2.28. The van der Waals surface area contributed by atoms with Gasteiger partial charge in [0.15, 0.2) is 0 Å². The molecule has 2 heterocycles. The maximum atomic E-state index is 13.2. The molecule has 8 heteroatoms. The molecule has 0 fully saturated rings. The molecule has 2 aromatic carbocycles. The highest BCUT2D eigenvalue weighted by Crippen LogP contribution is 2.38. The number of carbonyl (C=O) groups is 1. The zero-order valence-corrected chi connectivity index (χ0v) is 14.9. The lowest BCUT2D eigenvalue weighted by molar-refractivity contribution is 0.251. The number of imidazole rings is 1. The Labute approximate surface area is 158 Å². The third-order valence-electron chi connectivity index (χ3n) is 4.30. The van der Waals surface area contributed by atoms with Crippen LogP contribution in [-0.4, -0.2) is 22.1 Å². The second-order valence-electron chi connectivity index (χ2n) is 5.87. The van der Waals surface area contributed by atoms with Crippen LogP contribution in [0.5, 0.6) is 0 Å². The fraction of sp³-hybridized carbons (Fsp3) is 0.111. The molecule has 5 nitrogen and oxygen atoms in total. The van der Waals surface area contributed by atoms with Crippen molar-refractivity contribution in [3.05, 3.63) is 70.3 Å². The lowest BCUT2D eigenvalue weighted by atomic mass is 10.0. The Kier molecular flexibility index (Phi) is 4.30. The monoisotopic (exact) mass is 390 g/mol. The first-order valence-corrected chi connectivity index (χ1v) is 8.60. The zero-order valence-electron chi connectivity index (χ0n) is 13.3. The van der Waals surface area contributed by atoms with Crippen LogP contribution in [0.3, 0.4) is 0 Å². The summed E-state index contributed by atoms with van der Waals surface area (Å²) in [5.41, 5.74) is 3.39. The number of fused-ring (bicyclic) bond motifs is 3. The Balaban J connectivity index is 1.49. The molecule has 1 atom stereocenters. The molecule has 0 saturated heterocycles. The molecule has 4 rings (SSSR count). The number of aromatic nitrogens is 2. The van der Waals surface area contributed by atoms with Crippen molar-refractivity contribution in [3.63, 3.8) is 0 Å². The molecular weight excluding hydrogens is 378 g/mol. The summed E-state index contributed by atoms with van der Waals surface area (Å²) in [6.07, 6.45) is 3.55. The Bertz CT molecular complexity index is 981. The van der Waals surface area contributed by atoms with E-state index in [1.54, 1.807) is 12.5 Å². The standard InChI is InChI=1S/C18H13Cl2FN4O/c19-13-5-10(21)6-14(20)17(13)24-18(26)23-8-16-12-4-2-1-3-11(12)15-7-22-9-25(15)16/h1-7,9,16H,8H2,(H2,23,24,26). The summed E-state index contributed by atoms with van der Waals surface area (Å²) in [6.45, 7) is 0.350. The molecule has 2 amide bonds. The number of nitrogens with zero attached hydrogens (tertiary/aromatic N) is 2. The fourth-order valence-electron chi connectivity index (χ4n) is 3.15. The summed E-state index contributed by atoms with van der Waals surface area (Å²) in [5, 5.41) is 5.44. The van der Waals surface area contributed by atoms with Crippen LogP contribution in [-0.2, 0) is 0 Å². The molecule has 2 N–H and O–H groups in total. The van der Waals surface area contributed by atoms with Crippen molar-refractivity contribution in [1.82, 2.24) is 14.9 Å². The van der Waals surface area contributed by atoms with Gasteiger partial charge in [0.1, 0.15) is 5.82 Å². The van der Waals surface area contributed by atoms with Crippen LogP contribution in [0.15, 0.2) is 48.9 Å². The van der Waals surface area contributed by atoms with Crippen LogP contribution in [0, 0.1) is 5.82 Å². The SMILES string of the molecule is O=C(NCC1c2ccccc2-c2cncn21)Nc1c(Cl)cc(F)cc1Cl. The smallest absolute Gasteiger partial charge is 0.319 e. The first-order valence-electron chi connectivity index (χ1n) is 7.85. The van der Waals surface area contributed by atoms with E-state index in [9.17, 15) is 9.18 Å². The normalized spacial score (nSPS) is 14.7. The van der Waals surface area contributed by atoms with E-state index < -0.39 is 11.8 Å². The third-order valence-corrected chi connectivity index (χ3v) is 4.90. The van der Waals surface area contributed by atoms with Crippen molar-refractivity contribution in [2.75, 3.05) is 11.9 Å². The van der Waals surface area contributed by atoms with E-state index in [-0.39, 0.29) is 21.8 Å². The summed E-state index contributed by atoms with van der Waals surface area (Å²) in [7, 11) is 0. The van der Waals surface area contributed by atoms with Gasteiger partial charge in [-0.05, 0) is 17.7 Å². The van der Waals surface area contributed by atoms with Gasteiger partial charge >= 0.3 is 6.03 Å². The molecule has 1 aliphatic rings. The second kappa shape index (κ2) is 6.63. The number of hydrogen-bond donors (Lipinski definition) is 2. The van der Waals surface area contributed by atoms with Crippen LogP contribution in [0.2, 0.25) is 10.0 Å². The minimum atomic E-state index is -0.568. The number of hydrogen-bond acceptors (Lipinski definition) is 2. The predicted octanol–water partition coefficient (Wildman–Crippen LogP) is 4.72. The van der Waals surface area contributed by atoms with Gasteiger partial charge < -0.3 is 15.2 Å². The molecule has 0 saturated carbocycles. The van der Waals surface area contributed by atoms with E-state index in [0.29, 0.717) is 6.54 Å². The van der Waals surface area contributed by atoms with Crippen LogP contribution in [0.1, 0.15) is 11.6 Å². The average molecular weight is 391 g/mol. The number of halogens is 3. The molecule has 0 bridgehead atoms. The molecule has 0 spiro atoms. The molecule has 26 heavy (non-hydrogen) atoms. The topological polar surface area (TPSA) is 59.0 Å². The zero-order chi connectivity index (χ0) is 18.3. The second-order valence-corrected chi connectivity index (χ2v) is 6.68. The van der Waals surface area contributed by atoms with Crippen LogP contribution in [0.25, 0.3) is 11.3 Å². The van der Waals surface area contributed by atoms with E-state index in [0.717, 1.165) is 29.0 Å². The molecular formula is C18H13Cl2FN4O. The Morgan fingerprint density at radius 3 is 2.73 bits per heavy atom. The number of benzene rings is 2. The summed E-state index contributed by atoms with van der Waals surface area (Å²) < 4.78 is 15.3. The Morgan fingerprint density at radius 2 is 1.96 bits per heavy atom. The van der Waals surface area contributed by atoms with Gasteiger partial charge in [0.2, 0.25) is 0 Å². The summed E-state index contributed by atoms with van der Waals surface area (Å²) in [6, 6.07) is 9.63. The first kappa shape index (κ1) is 16.9. The summed E-state index contributed by atoms with van der Waals surface area (Å²) in [5.74, 6) is -0.568. The van der Waals surface area contributed by atoms with Gasteiger partial charge in [0, 0.05) is 12.1 Å². The Hall–Kier alpha value is -2.57. The fourth-order valence-corrected chi connectivity index (χ4v) is 3.70. The van der Waals surface area contributed by atoms with Gasteiger partial charge in [-0.2, -0.15) is 0 Å². The predicted molar refractivity (Wildman–Crippen MR) is 99.2 cm³/mol. The quantitative estimate of drug-likeness (QED) is 0.679. The Morgan fingerprint density at radius 1 is 1.23 bits per heavy atom. The van der Waals surface area contributed by atoms with Crippen molar-refractivity contribution >= 4 is 34.9 Å². The maximum Gasteiger partial charge on any atom is 0.319 e. The highest BCUT2D eigenvalue weighted by molar-refractivity contribution is 6.39. The number of urea groups is 1. The average Bonchev–Trinajstić information content (AvgIpc) is 3.17. The van der Waals surface area contributed by atoms with Crippen molar-refractivity contribution in [1.29, 1.82) is 0 Å². The van der Waals surface area contributed by atoms with E-state index in [1.807, 2.05) is 28.8 Å². The maximum absolute atomic E-state index is 13.2. The van der Waals surface area contributed by atoms with Gasteiger partial charge in [-0.15, -0.1) is 0 Å². The molecule has 0 aliphatic carbocycles. The minimum absolute atomic E-state index is 0.0354. The lowest BCUT2D eigenvalue weighted by Gasteiger charge is -2.16. The molecule has 1 unspecified atom stereocenters. The molecule has 132 valence electrons. The van der Waals surface area contributed by atoms with Crippen LogP contribution in [0.4, 0.5) is 14.9 Å². The van der Waals surface area contributed by atoms with Gasteiger partial charge in [-0.25, -0.2) is 14.2 Å². The molecule has 1 aliphatic heterocycles. The van der Waals surface area contributed by atoms with E-state index in [1.165, 1.54) is 0 Å². The molecule has 1 aromatic heterocycles. The number of anilines is 1. The van der Waals surface area contributed by atoms with E-state index >= 15 is 0 Å². The van der Waals surface area contributed by atoms with Crippen molar-refractivity contribution < 1.29 is 9.18 Å². The van der Waals surface area contributed by atoms with Crippen LogP contribution < -0.4 is 10.6 Å².